The van der Waals surface area contributed by atoms with E-state index in [1.54, 1.807) is 12.4 Å². The van der Waals surface area contributed by atoms with Crippen LogP contribution < -0.4 is 10.6 Å². The summed E-state index contributed by atoms with van der Waals surface area (Å²) in [5.74, 6) is 1.48. The van der Waals surface area contributed by atoms with Crippen molar-refractivity contribution in [3.8, 4) is 11.3 Å². The summed E-state index contributed by atoms with van der Waals surface area (Å²) in [6, 6.07) is 16.4. The zero-order valence-corrected chi connectivity index (χ0v) is 16.6. The van der Waals surface area contributed by atoms with Gasteiger partial charge in [-0.15, -0.1) is 0 Å². The van der Waals surface area contributed by atoms with Gasteiger partial charge < -0.3 is 15.5 Å². The van der Waals surface area contributed by atoms with Crippen LogP contribution in [0.1, 0.15) is 12.0 Å². The average Bonchev–Trinajstić information content (AvgIpc) is 2.72. The fraction of sp³-hybridized carbons (Fsp3) is 0.318. The fourth-order valence-electron chi connectivity index (χ4n) is 2.86. The Kier molecular flexibility index (Phi) is 7.32. The number of benzene rings is 1. The van der Waals surface area contributed by atoms with Crippen molar-refractivity contribution >= 4 is 11.8 Å². The number of anilines is 2. The van der Waals surface area contributed by atoms with E-state index in [-0.39, 0.29) is 0 Å². The van der Waals surface area contributed by atoms with Gasteiger partial charge in [0.25, 0.3) is 0 Å². The highest BCUT2D eigenvalue weighted by Crippen LogP contribution is 2.21. The third-order valence-corrected chi connectivity index (χ3v) is 4.33. The summed E-state index contributed by atoms with van der Waals surface area (Å²) >= 11 is 0. The van der Waals surface area contributed by atoms with Gasteiger partial charge in [0, 0.05) is 37.1 Å². The second-order valence-corrected chi connectivity index (χ2v) is 6.94. The monoisotopic (exact) mass is 376 g/mol. The molecule has 1 aromatic carbocycles. The van der Waals surface area contributed by atoms with Crippen molar-refractivity contribution in [1.29, 1.82) is 0 Å². The van der Waals surface area contributed by atoms with Gasteiger partial charge in [0.05, 0.1) is 5.69 Å². The molecular formula is C22H28N6. The van der Waals surface area contributed by atoms with Crippen LogP contribution in [0.15, 0.2) is 60.9 Å². The summed E-state index contributed by atoms with van der Waals surface area (Å²) in [6.07, 6.45) is 5.54. The molecule has 2 heterocycles. The molecule has 6 heteroatoms. The van der Waals surface area contributed by atoms with E-state index in [1.807, 2.05) is 24.3 Å². The maximum absolute atomic E-state index is 4.68. The lowest BCUT2D eigenvalue weighted by Gasteiger charge is -2.13. The Morgan fingerprint density at radius 3 is 2.43 bits per heavy atom. The van der Waals surface area contributed by atoms with E-state index >= 15 is 0 Å². The van der Waals surface area contributed by atoms with Crippen molar-refractivity contribution < 1.29 is 0 Å². The Labute approximate surface area is 167 Å². The lowest BCUT2D eigenvalue weighted by atomic mass is 10.1. The van der Waals surface area contributed by atoms with Gasteiger partial charge in [0.1, 0.15) is 5.82 Å². The SMILES string of the molecule is CN(C)CCCNc1nc(NCCc2ccccc2)cc(-c2ccncc2)n1. The summed E-state index contributed by atoms with van der Waals surface area (Å²) in [4.78, 5) is 15.6. The molecule has 0 unspecified atom stereocenters. The van der Waals surface area contributed by atoms with Crippen molar-refractivity contribution in [3.63, 3.8) is 0 Å². The predicted octanol–water partition coefficient (Wildman–Crippen LogP) is 3.56. The van der Waals surface area contributed by atoms with E-state index in [2.05, 4.69) is 68.8 Å². The van der Waals surface area contributed by atoms with Crippen LogP contribution in [-0.4, -0.2) is 53.6 Å². The van der Waals surface area contributed by atoms with Crippen LogP contribution in [0.2, 0.25) is 0 Å². The fourth-order valence-corrected chi connectivity index (χ4v) is 2.86. The Morgan fingerprint density at radius 2 is 1.68 bits per heavy atom. The molecule has 0 aliphatic carbocycles. The maximum Gasteiger partial charge on any atom is 0.225 e. The van der Waals surface area contributed by atoms with E-state index in [0.29, 0.717) is 5.95 Å². The molecule has 0 spiro atoms. The first-order chi connectivity index (χ1) is 13.7. The quantitative estimate of drug-likeness (QED) is 0.528. The molecule has 0 saturated heterocycles. The van der Waals surface area contributed by atoms with Crippen molar-refractivity contribution in [2.24, 2.45) is 0 Å². The van der Waals surface area contributed by atoms with E-state index < -0.39 is 0 Å². The average molecular weight is 377 g/mol. The molecule has 0 radical (unpaired) electrons. The van der Waals surface area contributed by atoms with E-state index in [1.165, 1.54) is 5.56 Å². The number of rotatable bonds is 10. The Balaban J connectivity index is 1.69. The van der Waals surface area contributed by atoms with Crippen LogP contribution in [0.4, 0.5) is 11.8 Å². The summed E-state index contributed by atoms with van der Waals surface area (Å²) in [5, 5.41) is 6.79. The summed E-state index contributed by atoms with van der Waals surface area (Å²) in [6.45, 7) is 2.68. The minimum absolute atomic E-state index is 0.648. The number of pyridine rings is 1. The van der Waals surface area contributed by atoms with Gasteiger partial charge in [-0.2, -0.15) is 4.98 Å². The lowest BCUT2D eigenvalue weighted by Crippen LogP contribution is -2.17. The molecule has 2 N–H and O–H groups in total. The van der Waals surface area contributed by atoms with Gasteiger partial charge in [-0.3, -0.25) is 4.98 Å². The van der Waals surface area contributed by atoms with Crippen molar-refractivity contribution in [1.82, 2.24) is 19.9 Å². The smallest absolute Gasteiger partial charge is 0.225 e. The first kappa shape index (κ1) is 19.8. The molecule has 0 saturated carbocycles. The topological polar surface area (TPSA) is 66.0 Å². The van der Waals surface area contributed by atoms with Gasteiger partial charge in [0.15, 0.2) is 0 Å². The Hall–Kier alpha value is -2.99. The van der Waals surface area contributed by atoms with Crippen LogP contribution in [0.3, 0.4) is 0 Å². The van der Waals surface area contributed by atoms with Crippen LogP contribution in [0.5, 0.6) is 0 Å². The summed E-state index contributed by atoms with van der Waals surface area (Å²) < 4.78 is 0. The predicted molar refractivity (Wildman–Crippen MR) is 116 cm³/mol. The minimum Gasteiger partial charge on any atom is -0.370 e. The van der Waals surface area contributed by atoms with Crippen LogP contribution in [0, 0.1) is 0 Å². The minimum atomic E-state index is 0.648. The number of aromatic nitrogens is 3. The highest BCUT2D eigenvalue weighted by atomic mass is 15.1. The molecule has 0 fully saturated rings. The molecule has 146 valence electrons. The molecule has 3 aromatic rings. The third kappa shape index (κ3) is 6.32. The summed E-state index contributed by atoms with van der Waals surface area (Å²) in [7, 11) is 4.16. The number of hydrogen-bond donors (Lipinski definition) is 2. The van der Waals surface area contributed by atoms with Crippen LogP contribution in [0.25, 0.3) is 11.3 Å². The molecule has 3 rings (SSSR count). The highest BCUT2D eigenvalue weighted by molar-refractivity contribution is 5.63. The first-order valence-electron chi connectivity index (χ1n) is 9.66. The van der Waals surface area contributed by atoms with Crippen molar-refractivity contribution in [2.45, 2.75) is 12.8 Å². The highest BCUT2D eigenvalue weighted by Gasteiger charge is 2.07. The zero-order chi connectivity index (χ0) is 19.6. The van der Waals surface area contributed by atoms with Crippen LogP contribution >= 0.6 is 0 Å². The van der Waals surface area contributed by atoms with Gasteiger partial charge in [-0.1, -0.05) is 30.3 Å². The van der Waals surface area contributed by atoms with Crippen LogP contribution in [-0.2, 0) is 6.42 Å². The summed E-state index contributed by atoms with van der Waals surface area (Å²) in [5.41, 5.74) is 3.22. The molecule has 0 bridgehead atoms. The molecule has 2 aromatic heterocycles. The van der Waals surface area contributed by atoms with Gasteiger partial charge >= 0.3 is 0 Å². The van der Waals surface area contributed by atoms with Gasteiger partial charge in [-0.25, -0.2) is 4.98 Å². The molecular weight excluding hydrogens is 348 g/mol. The van der Waals surface area contributed by atoms with E-state index in [0.717, 1.165) is 49.6 Å². The molecule has 0 aliphatic heterocycles. The molecule has 0 aliphatic rings. The zero-order valence-electron chi connectivity index (χ0n) is 16.6. The Bertz CT molecular complexity index is 836. The number of nitrogens with one attached hydrogen (secondary N) is 2. The largest absolute Gasteiger partial charge is 0.370 e. The normalized spacial score (nSPS) is 10.8. The Morgan fingerprint density at radius 1 is 0.893 bits per heavy atom. The van der Waals surface area contributed by atoms with Gasteiger partial charge in [0.2, 0.25) is 5.95 Å². The molecule has 0 atom stereocenters. The standard InChI is InChI=1S/C22H28N6/c1-28(2)16-6-12-25-22-26-20(19-10-13-23-14-11-19)17-21(27-22)24-15-9-18-7-4-3-5-8-18/h3-5,7-8,10-11,13-14,17H,6,9,12,15-16H2,1-2H3,(H2,24,25,26,27). The number of nitrogens with zero attached hydrogens (tertiary/aromatic N) is 4. The molecule has 6 nitrogen and oxygen atoms in total. The number of hydrogen-bond acceptors (Lipinski definition) is 6. The van der Waals surface area contributed by atoms with Gasteiger partial charge in [-0.05, 0) is 51.2 Å². The first-order valence-corrected chi connectivity index (χ1v) is 9.66. The third-order valence-electron chi connectivity index (χ3n) is 4.33. The molecule has 28 heavy (non-hydrogen) atoms. The van der Waals surface area contributed by atoms with E-state index in [9.17, 15) is 0 Å². The van der Waals surface area contributed by atoms with Crippen molar-refractivity contribution in [2.75, 3.05) is 44.4 Å². The molecule has 0 amide bonds. The second kappa shape index (κ2) is 10.4. The van der Waals surface area contributed by atoms with E-state index in [4.69, 9.17) is 0 Å². The lowest BCUT2D eigenvalue weighted by molar-refractivity contribution is 0.405. The van der Waals surface area contributed by atoms with Crippen molar-refractivity contribution in [3.05, 3.63) is 66.5 Å². The second-order valence-electron chi connectivity index (χ2n) is 6.94. The maximum atomic E-state index is 4.68.